The molecule has 2 aromatic heterocycles. The summed E-state index contributed by atoms with van der Waals surface area (Å²) in [7, 11) is 0. The summed E-state index contributed by atoms with van der Waals surface area (Å²) in [6.45, 7) is 6.01. The molecular formula is C18H19N5O3. The Labute approximate surface area is 149 Å². The van der Waals surface area contributed by atoms with Crippen LogP contribution >= 0.6 is 0 Å². The van der Waals surface area contributed by atoms with Gasteiger partial charge in [0.25, 0.3) is 5.91 Å². The molecule has 0 saturated carbocycles. The first-order valence-corrected chi connectivity index (χ1v) is 8.29. The number of benzene rings is 1. The fraction of sp³-hybridized carbons (Fsp3) is 0.278. The highest BCUT2D eigenvalue weighted by Gasteiger charge is 2.19. The maximum Gasteiger partial charge on any atom is 0.257 e. The van der Waals surface area contributed by atoms with Crippen LogP contribution in [0.2, 0.25) is 0 Å². The summed E-state index contributed by atoms with van der Waals surface area (Å²) < 4.78 is 12.4. The van der Waals surface area contributed by atoms with Crippen molar-refractivity contribution in [3.8, 4) is 11.5 Å². The Balaban J connectivity index is 1.67. The lowest BCUT2D eigenvalue weighted by Crippen LogP contribution is -2.15. The first-order chi connectivity index (χ1) is 12.4. The number of anilines is 2. The average Bonchev–Trinajstić information content (AvgIpc) is 3.20. The minimum Gasteiger partial charge on any atom is -0.454 e. The molecule has 1 amide bonds. The summed E-state index contributed by atoms with van der Waals surface area (Å²) in [5.74, 6) is 0.832. The Morgan fingerprint density at radius 3 is 2.73 bits per heavy atom. The van der Waals surface area contributed by atoms with Crippen LogP contribution in [0.4, 0.5) is 11.4 Å². The van der Waals surface area contributed by atoms with Gasteiger partial charge in [0.05, 0.1) is 28.8 Å². The Kier molecular flexibility index (Phi) is 3.68. The van der Waals surface area contributed by atoms with E-state index in [1.165, 1.54) is 0 Å². The number of ether oxygens (including phenoxy) is 2. The number of rotatable bonds is 3. The van der Waals surface area contributed by atoms with Crippen LogP contribution in [0, 0.1) is 6.92 Å². The molecule has 4 rings (SSSR count). The third-order valence-electron chi connectivity index (χ3n) is 4.29. The van der Waals surface area contributed by atoms with Crippen LogP contribution in [-0.4, -0.2) is 27.5 Å². The van der Waals surface area contributed by atoms with Crippen LogP contribution in [0.15, 0.2) is 24.4 Å². The zero-order valence-electron chi connectivity index (χ0n) is 14.7. The lowest BCUT2D eigenvalue weighted by Gasteiger charge is -2.11. The molecule has 3 N–H and O–H groups in total. The van der Waals surface area contributed by atoms with Gasteiger partial charge in [-0.15, -0.1) is 0 Å². The molecule has 0 unspecified atom stereocenters. The number of carbonyl (C=O) groups is 1. The summed E-state index contributed by atoms with van der Waals surface area (Å²) in [4.78, 5) is 17.3. The van der Waals surface area contributed by atoms with Crippen LogP contribution in [0.5, 0.6) is 11.5 Å². The number of hydrogen-bond acceptors (Lipinski definition) is 6. The largest absolute Gasteiger partial charge is 0.454 e. The van der Waals surface area contributed by atoms with E-state index in [2.05, 4.69) is 15.4 Å². The van der Waals surface area contributed by atoms with Crippen LogP contribution in [0.1, 0.15) is 35.9 Å². The zero-order valence-corrected chi connectivity index (χ0v) is 14.7. The monoisotopic (exact) mass is 353 g/mol. The highest BCUT2D eigenvalue weighted by Crippen LogP contribution is 2.38. The van der Waals surface area contributed by atoms with Crippen LogP contribution in [0.3, 0.4) is 0 Å². The van der Waals surface area contributed by atoms with E-state index in [-0.39, 0.29) is 18.7 Å². The Bertz CT molecular complexity index is 1030. The van der Waals surface area contributed by atoms with Crippen molar-refractivity contribution in [1.29, 1.82) is 0 Å². The molecule has 0 bridgehead atoms. The molecule has 0 aliphatic carbocycles. The Morgan fingerprint density at radius 1 is 1.27 bits per heavy atom. The summed E-state index contributed by atoms with van der Waals surface area (Å²) in [5.41, 5.74) is 8.73. The molecule has 0 saturated heterocycles. The molecule has 1 aliphatic heterocycles. The van der Waals surface area contributed by atoms with E-state index in [1.54, 1.807) is 31.3 Å². The highest BCUT2D eigenvalue weighted by molar-refractivity contribution is 6.08. The van der Waals surface area contributed by atoms with Crippen molar-refractivity contribution in [2.24, 2.45) is 0 Å². The predicted molar refractivity (Wildman–Crippen MR) is 97.6 cm³/mol. The molecule has 1 aliphatic rings. The fourth-order valence-electron chi connectivity index (χ4n) is 2.93. The summed E-state index contributed by atoms with van der Waals surface area (Å²) in [5, 5.41) is 7.98. The summed E-state index contributed by atoms with van der Waals surface area (Å²) >= 11 is 0. The number of carbonyl (C=O) groups excluding carboxylic acids is 1. The average molecular weight is 353 g/mol. The van der Waals surface area contributed by atoms with Gasteiger partial charge in [0.1, 0.15) is 0 Å². The third kappa shape index (κ3) is 2.59. The highest BCUT2D eigenvalue weighted by atomic mass is 16.7. The molecule has 0 fully saturated rings. The summed E-state index contributed by atoms with van der Waals surface area (Å²) in [6, 6.07) is 5.28. The Morgan fingerprint density at radius 2 is 2.00 bits per heavy atom. The van der Waals surface area contributed by atoms with E-state index in [9.17, 15) is 4.79 Å². The van der Waals surface area contributed by atoms with Crippen molar-refractivity contribution >= 4 is 28.3 Å². The molecule has 0 radical (unpaired) electrons. The van der Waals surface area contributed by atoms with E-state index in [1.807, 2.05) is 18.5 Å². The predicted octanol–water partition coefficient (Wildman–Crippen LogP) is 2.88. The van der Waals surface area contributed by atoms with Crippen LogP contribution < -0.4 is 20.5 Å². The van der Waals surface area contributed by atoms with Crippen molar-refractivity contribution in [1.82, 2.24) is 14.8 Å². The molecule has 8 heteroatoms. The maximum atomic E-state index is 12.8. The van der Waals surface area contributed by atoms with E-state index in [0.717, 1.165) is 11.0 Å². The van der Waals surface area contributed by atoms with Crippen molar-refractivity contribution in [2.75, 3.05) is 17.8 Å². The van der Waals surface area contributed by atoms with Gasteiger partial charge >= 0.3 is 0 Å². The third-order valence-corrected chi connectivity index (χ3v) is 4.29. The lowest BCUT2D eigenvalue weighted by molar-refractivity contribution is 0.102. The number of fused-ring (bicyclic) bond motifs is 2. The van der Waals surface area contributed by atoms with E-state index in [0.29, 0.717) is 34.1 Å². The number of aromatic nitrogens is 3. The molecule has 3 heterocycles. The first-order valence-electron chi connectivity index (χ1n) is 8.29. The SMILES string of the molecule is Cc1nc2c(cnn2C(C)C)cc1C(=O)Nc1cc2c(cc1N)OCO2. The number of aryl methyl sites for hydroxylation is 1. The van der Waals surface area contributed by atoms with Crippen molar-refractivity contribution in [3.05, 3.63) is 35.7 Å². The van der Waals surface area contributed by atoms with E-state index in [4.69, 9.17) is 15.2 Å². The maximum absolute atomic E-state index is 12.8. The van der Waals surface area contributed by atoms with Gasteiger partial charge in [0.15, 0.2) is 17.1 Å². The minimum absolute atomic E-state index is 0.145. The zero-order chi connectivity index (χ0) is 18.4. The molecule has 0 atom stereocenters. The number of pyridine rings is 1. The van der Waals surface area contributed by atoms with Crippen molar-refractivity contribution in [2.45, 2.75) is 26.8 Å². The standard InChI is InChI=1S/C18H19N5O3/c1-9(2)23-17-11(7-20-23)4-12(10(3)21-17)18(24)22-14-6-16-15(5-13(14)19)25-8-26-16/h4-7,9H,8,19H2,1-3H3,(H,22,24). The van der Waals surface area contributed by atoms with Gasteiger partial charge in [-0.1, -0.05) is 0 Å². The lowest BCUT2D eigenvalue weighted by atomic mass is 10.1. The number of nitrogens with one attached hydrogen (secondary N) is 1. The van der Waals surface area contributed by atoms with Gasteiger partial charge in [0.2, 0.25) is 6.79 Å². The van der Waals surface area contributed by atoms with Gasteiger partial charge in [-0.3, -0.25) is 4.79 Å². The Hall–Kier alpha value is -3.29. The van der Waals surface area contributed by atoms with Gasteiger partial charge < -0.3 is 20.5 Å². The number of nitrogen functional groups attached to an aromatic ring is 1. The first kappa shape index (κ1) is 16.2. The van der Waals surface area contributed by atoms with Gasteiger partial charge in [-0.05, 0) is 26.8 Å². The summed E-state index contributed by atoms with van der Waals surface area (Å²) in [6.07, 6.45) is 1.72. The van der Waals surface area contributed by atoms with Crippen LogP contribution in [-0.2, 0) is 0 Å². The van der Waals surface area contributed by atoms with E-state index < -0.39 is 0 Å². The van der Waals surface area contributed by atoms with Crippen molar-refractivity contribution < 1.29 is 14.3 Å². The number of nitrogens with zero attached hydrogens (tertiary/aromatic N) is 3. The van der Waals surface area contributed by atoms with Crippen LogP contribution in [0.25, 0.3) is 11.0 Å². The van der Waals surface area contributed by atoms with E-state index >= 15 is 0 Å². The molecule has 0 spiro atoms. The molecule has 1 aromatic carbocycles. The van der Waals surface area contributed by atoms with Gasteiger partial charge in [-0.2, -0.15) is 5.10 Å². The van der Waals surface area contributed by atoms with Gasteiger partial charge in [-0.25, -0.2) is 9.67 Å². The normalized spacial score (nSPS) is 12.8. The van der Waals surface area contributed by atoms with Gasteiger partial charge in [0, 0.05) is 23.6 Å². The quantitative estimate of drug-likeness (QED) is 0.702. The molecule has 134 valence electrons. The second-order valence-corrected chi connectivity index (χ2v) is 6.46. The molecular weight excluding hydrogens is 334 g/mol. The number of nitrogens with two attached hydrogens (primary N) is 1. The fourth-order valence-corrected chi connectivity index (χ4v) is 2.93. The smallest absolute Gasteiger partial charge is 0.257 e. The number of hydrogen-bond donors (Lipinski definition) is 2. The van der Waals surface area contributed by atoms with Crippen molar-refractivity contribution in [3.63, 3.8) is 0 Å². The molecule has 26 heavy (non-hydrogen) atoms. The second-order valence-electron chi connectivity index (χ2n) is 6.46. The topological polar surface area (TPSA) is 104 Å². The minimum atomic E-state index is -0.292. The second kappa shape index (κ2) is 5.91. The number of amides is 1. The molecule has 3 aromatic rings. The molecule has 8 nitrogen and oxygen atoms in total.